The number of aliphatic hydroxyl groups excluding tert-OH is 1. The van der Waals surface area contributed by atoms with E-state index in [0.717, 1.165) is 25.4 Å². The molecule has 0 spiro atoms. The summed E-state index contributed by atoms with van der Waals surface area (Å²) >= 11 is 1.77. The lowest BCUT2D eigenvalue weighted by Gasteiger charge is -2.33. The molecule has 0 amide bonds. The van der Waals surface area contributed by atoms with Gasteiger partial charge in [0.05, 0.1) is 5.69 Å². The summed E-state index contributed by atoms with van der Waals surface area (Å²) in [5, 5.41) is 12.6. The Morgan fingerprint density at radius 1 is 1.14 bits per heavy atom. The number of thiazole rings is 1. The Morgan fingerprint density at radius 2 is 1.81 bits per heavy atom. The molecule has 0 unspecified atom stereocenters. The monoisotopic (exact) mass is 309 g/mol. The second kappa shape index (κ2) is 6.63. The van der Waals surface area contributed by atoms with Gasteiger partial charge in [-0.1, -0.05) is 0 Å². The van der Waals surface area contributed by atoms with Crippen molar-refractivity contribution in [3.05, 3.63) is 11.1 Å². The summed E-state index contributed by atoms with van der Waals surface area (Å²) in [6.45, 7) is 1.31. The van der Waals surface area contributed by atoms with Gasteiger partial charge in [-0.15, -0.1) is 11.3 Å². The Labute approximate surface area is 131 Å². The first-order valence-electron chi connectivity index (χ1n) is 8.15. The van der Waals surface area contributed by atoms with Gasteiger partial charge in [0, 0.05) is 37.7 Å². The summed E-state index contributed by atoms with van der Waals surface area (Å²) in [6, 6.07) is 1.38. The van der Waals surface area contributed by atoms with Gasteiger partial charge < -0.3 is 10.0 Å². The van der Waals surface area contributed by atoms with Crippen LogP contribution in [-0.4, -0.2) is 47.8 Å². The smallest absolute Gasteiger partial charge is 0.185 e. The molecule has 1 aromatic rings. The Hall–Kier alpha value is -0.650. The fourth-order valence-corrected chi connectivity index (χ4v) is 4.16. The zero-order valence-corrected chi connectivity index (χ0v) is 14.0. The number of nitrogens with zero attached hydrogens (tertiary/aromatic N) is 3. The number of aromatic nitrogens is 1. The van der Waals surface area contributed by atoms with Crippen molar-refractivity contribution in [2.75, 3.05) is 25.6 Å². The van der Waals surface area contributed by atoms with Crippen LogP contribution in [0.4, 0.5) is 5.13 Å². The molecule has 0 atom stereocenters. The molecule has 1 aromatic heterocycles. The van der Waals surface area contributed by atoms with E-state index in [0.29, 0.717) is 18.6 Å². The van der Waals surface area contributed by atoms with E-state index in [1.54, 1.807) is 11.3 Å². The average Bonchev–Trinajstić information content (AvgIpc) is 3.26. The van der Waals surface area contributed by atoms with E-state index in [1.165, 1.54) is 36.5 Å². The van der Waals surface area contributed by atoms with Gasteiger partial charge in [0.1, 0.15) is 0 Å². The molecule has 2 saturated carbocycles. The molecule has 3 rings (SSSR count). The van der Waals surface area contributed by atoms with Crippen LogP contribution in [0, 0.1) is 5.92 Å². The molecule has 5 heteroatoms. The molecular formula is C16H27N3OS. The zero-order chi connectivity index (χ0) is 14.8. The molecule has 118 valence electrons. The van der Waals surface area contributed by atoms with Crippen LogP contribution in [0.5, 0.6) is 0 Å². The van der Waals surface area contributed by atoms with Gasteiger partial charge in [-0.25, -0.2) is 4.98 Å². The first kappa shape index (κ1) is 15.3. The van der Waals surface area contributed by atoms with E-state index >= 15 is 0 Å². The van der Waals surface area contributed by atoms with Gasteiger partial charge in [0.15, 0.2) is 5.13 Å². The van der Waals surface area contributed by atoms with Crippen LogP contribution in [0.15, 0.2) is 5.38 Å². The van der Waals surface area contributed by atoms with Crippen molar-refractivity contribution in [2.45, 2.75) is 57.2 Å². The molecule has 4 nitrogen and oxygen atoms in total. The second-order valence-electron chi connectivity index (χ2n) is 6.74. The third kappa shape index (κ3) is 3.76. The summed E-state index contributed by atoms with van der Waals surface area (Å²) in [4.78, 5) is 9.58. The van der Waals surface area contributed by atoms with Gasteiger partial charge in [-0.2, -0.15) is 0 Å². The van der Waals surface area contributed by atoms with Gasteiger partial charge in [-0.3, -0.25) is 4.90 Å². The van der Waals surface area contributed by atoms with Crippen LogP contribution in [0.3, 0.4) is 0 Å². The Morgan fingerprint density at radius 3 is 2.43 bits per heavy atom. The van der Waals surface area contributed by atoms with E-state index in [2.05, 4.69) is 29.3 Å². The van der Waals surface area contributed by atoms with Crippen molar-refractivity contribution in [3.8, 4) is 0 Å². The van der Waals surface area contributed by atoms with Crippen molar-refractivity contribution >= 4 is 16.5 Å². The standard InChI is InChI=1S/C16H27N3OS/c1-18(14-5-3-12(10-20)4-6-14)9-13-11-21-16(17-13)19(2)15-7-8-15/h11-12,14-15,20H,3-10H2,1-2H3. The minimum atomic E-state index is 0.360. The highest BCUT2D eigenvalue weighted by Gasteiger charge is 2.28. The molecule has 0 saturated heterocycles. The fraction of sp³-hybridized carbons (Fsp3) is 0.812. The molecule has 1 N–H and O–H groups in total. The largest absolute Gasteiger partial charge is 0.396 e. The van der Waals surface area contributed by atoms with Gasteiger partial charge in [0.25, 0.3) is 0 Å². The lowest BCUT2D eigenvalue weighted by molar-refractivity contribution is 0.123. The number of rotatable bonds is 6. The van der Waals surface area contributed by atoms with E-state index in [9.17, 15) is 5.11 Å². The molecule has 2 aliphatic carbocycles. The first-order chi connectivity index (χ1) is 10.2. The summed E-state index contributed by atoms with van der Waals surface area (Å²) in [5.74, 6) is 0.535. The summed E-state index contributed by atoms with van der Waals surface area (Å²) in [5.41, 5.74) is 1.20. The third-order valence-electron chi connectivity index (χ3n) is 5.05. The molecule has 2 aliphatic rings. The van der Waals surface area contributed by atoms with Crippen LogP contribution in [0.1, 0.15) is 44.2 Å². The third-order valence-corrected chi connectivity index (χ3v) is 6.03. The lowest BCUT2D eigenvalue weighted by Crippen LogP contribution is -2.35. The fourth-order valence-electron chi connectivity index (χ4n) is 3.30. The average molecular weight is 309 g/mol. The summed E-state index contributed by atoms with van der Waals surface area (Å²) in [7, 11) is 4.38. The topological polar surface area (TPSA) is 39.6 Å². The summed E-state index contributed by atoms with van der Waals surface area (Å²) < 4.78 is 0. The van der Waals surface area contributed by atoms with Crippen molar-refractivity contribution in [1.29, 1.82) is 0 Å². The van der Waals surface area contributed by atoms with E-state index in [-0.39, 0.29) is 0 Å². The van der Waals surface area contributed by atoms with Gasteiger partial charge in [-0.05, 0) is 51.5 Å². The Bertz CT molecular complexity index is 452. The summed E-state index contributed by atoms with van der Waals surface area (Å²) in [6.07, 6.45) is 7.39. The van der Waals surface area contributed by atoms with Gasteiger partial charge in [0.2, 0.25) is 0 Å². The van der Waals surface area contributed by atoms with Crippen LogP contribution in [0.25, 0.3) is 0 Å². The highest BCUT2D eigenvalue weighted by molar-refractivity contribution is 7.13. The van der Waals surface area contributed by atoms with E-state index in [4.69, 9.17) is 4.98 Å². The lowest BCUT2D eigenvalue weighted by atomic mass is 9.86. The van der Waals surface area contributed by atoms with Crippen LogP contribution < -0.4 is 4.90 Å². The molecule has 0 aliphatic heterocycles. The van der Waals surface area contributed by atoms with E-state index in [1.807, 2.05) is 0 Å². The Kier molecular flexibility index (Phi) is 4.82. The molecular weight excluding hydrogens is 282 g/mol. The maximum Gasteiger partial charge on any atom is 0.185 e. The van der Waals surface area contributed by atoms with Crippen molar-refractivity contribution in [1.82, 2.24) is 9.88 Å². The highest BCUT2D eigenvalue weighted by atomic mass is 32.1. The molecule has 1 heterocycles. The maximum atomic E-state index is 9.23. The number of aliphatic hydroxyl groups is 1. The van der Waals surface area contributed by atoms with E-state index < -0.39 is 0 Å². The SMILES string of the molecule is CN(Cc1csc(N(C)C2CC2)n1)C1CCC(CO)CC1. The van der Waals surface area contributed by atoms with Crippen LogP contribution >= 0.6 is 11.3 Å². The minimum absolute atomic E-state index is 0.360. The first-order valence-corrected chi connectivity index (χ1v) is 9.03. The second-order valence-corrected chi connectivity index (χ2v) is 7.57. The highest BCUT2D eigenvalue weighted by Crippen LogP contribution is 2.32. The predicted octanol–water partition coefficient (Wildman–Crippen LogP) is 2.72. The zero-order valence-electron chi connectivity index (χ0n) is 13.2. The predicted molar refractivity (Wildman–Crippen MR) is 87.8 cm³/mol. The molecule has 0 bridgehead atoms. The number of hydrogen-bond acceptors (Lipinski definition) is 5. The van der Waals surface area contributed by atoms with Gasteiger partial charge >= 0.3 is 0 Å². The van der Waals surface area contributed by atoms with Crippen molar-refractivity contribution in [3.63, 3.8) is 0 Å². The molecule has 21 heavy (non-hydrogen) atoms. The number of hydrogen-bond donors (Lipinski definition) is 1. The Balaban J connectivity index is 1.51. The molecule has 0 radical (unpaired) electrons. The maximum absolute atomic E-state index is 9.23. The van der Waals surface area contributed by atoms with Crippen LogP contribution in [0.2, 0.25) is 0 Å². The minimum Gasteiger partial charge on any atom is -0.396 e. The quantitative estimate of drug-likeness (QED) is 0.877. The molecule has 2 fully saturated rings. The molecule has 0 aromatic carbocycles. The van der Waals surface area contributed by atoms with Crippen LogP contribution in [-0.2, 0) is 6.54 Å². The van der Waals surface area contributed by atoms with Crippen molar-refractivity contribution in [2.24, 2.45) is 5.92 Å². The normalized spacial score (nSPS) is 26.3. The number of anilines is 1. The van der Waals surface area contributed by atoms with Crippen molar-refractivity contribution < 1.29 is 5.11 Å².